The average molecular weight is 172 g/mol. The molecule has 0 radical (unpaired) electrons. The molecule has 1 heteroatoms. The highest BCUT2D eigenvalue weighted by Gasteiger charge is 2.33. The summed E-state index contributed by atoms with van der Waals surface area (Å²) in [6.45, 7) is 0. The van der Waals surface area contributed by atoms with E-state index in [0.717, 1.165) is 6.42 Å². The summed E-state index contributed by atoms with van der Waals surface area (Å²) >= 11 is 0. The highest BCUT2D eigenvalue weighted by Crippen LogP contribution is 2.40. The number of benzene rings is 1. The standard InChI is InChI=1S/C12H12O/c13-11-7-9-5-1-3-8-4-2-6-10(11)12(8)9/h1,3,5,10H,2,4,6-7H2. The number of rotatable bonds is 0. The maximum atomic E-state index is 11.6. The van der Waals surface area contributed by atoms with Crippen LogP contribution in [0.5, 0.6) is 0 Å². The Balaban J connectivity index is 2.25. The minimum absolute atomic E-state index is 0.264. The summed E-state index contributed by atoms with van der Waals surface area (Å²) in [4.78, 5) is 11.6. The predicted octanol–water partition coefficient (Wildman–Crippen LogP) is 2.23. The molecule has 0 amide bonds. The van der Waals surface area contributed by atoms with Crippen LogP contribution in [0.4, 0.5) is 0 Å². The third-order valence-corrected chi connectivity index (χ3v) is 3.33. The van der Waals surface area contributed by atoms with Gasteiger partial charge in [-0.1, -0.05) is 18.2 Å². The fourth-order valence-corrected chi connectivity index (χ4v) is 2.76. The number of carbonyl (C=O) groups excluding carboxylic acids is 1. The lowest BCUT2D eigenvalue weighted by molar-refractivity contribution is -0.119. The highest BCUT2D eigenvalue weighted by molar-refractivity contribution is 5.93. The van der Waals surface area contributed by atoms with Gasteiger partial charge in [0.2, 0.25) is 0 Å². The van der Waals surface area contributed by atoms with E-state index in [-0.39, 0.29) is 5.92 Å². The average Bonchev–Trinajstić information content (AvgIpc) is 2.47. The van der Waals surface area contributed by atoms with Gasteiger partial charge in [0, 0.05) is 12.3 Å². The Morgan fingerprint density at radius 2 is 2.08 bits per heavy atom. The van der Waals surface area contributed by atoms with Gasteiger partial charge in [0.25, 0.3) is 0 Å². The summed E-state index contributed by atoms with van der Waals surface area (Å²) in [5.41, 5.74) is 4.12. The van der Waals surface area contributed by atoms with Crippen molar-refractivity contribution < 1.29 is 4.79 Å². The lowest BCUT2D eigenvalue weighted by Gasteiger charge is -2.20. The van der Waals surface area contributed by atoms with Gasteiger partial charge in [-0.25, -0.2) is 0 Å². The Labute approximate surface area is 77.8 Å². The topological polar surface area (TPSA) is 17.1 Å². The van der Waals surface area contributed by atoms with Crippen LogP contribution in [0.2, 0.25) is 0 Å². The quantitative estimate of drug-likeness (QED) is 0.586. The van der Waals surface area contributed by atoms with E-state index < -0.39 is 0 Å². The molecule has 2 aliphatic rings. The van der Waals surface area contributed by atoms with Crippen molar-refractivity contribution in [1.29, 1.82) is 0 Å². The van der Waals surface area contributed by atoms with E-state index in [2.05, 4.69) is 18.2 Å². The van der Waals surface area contributed by atoms with Gasteiger partial charge in [0.05, 0.1) is 0 Å². The Hall–Kier alpha value is -1.11. The molecule has 2 aliphatic carbocycles. The number of carbonyl (C=O) groups is 1. The zero-order chi connectivity index (χ0) is 8.84. The number of aryl methyl sites for hydroxylation is 1. The minimum Gasteiger partial charge on any atom is -0.299 e. The molecular formula is C12H12O. The zero-order valence-corrected chi connectivity index (χ0v) is 7.55. The fraction of sp³-hybridized carbons (Fsp3) is 0.417. The van der Waals surface area contributed by atoms with Crippen molar-refractivity contribution in [1.82, 2.24) is 0 Å². The first-order chi connectivity index (χ1) is 6.36. The van der Waals surface area contributed by atoms with E-state index in [4.69, 9.17) is 0 Å². The predicted molar refractivity (Wildman–Crippen MR) is 50.8 cm³/mol. The molecule has 0 aromatic heterocycles. The zero-order valence-electron chi connectivity index (χ0n) is 7.55. The molecule has 1 unspecified atom stereocenters. The van der Waals surface area contributed by atoms with Crippen molar-refractivity contribution in [2.45, 2.75) is 31.6 Å². The third kappa shape index (κ3) is 0.902. The first-order valence-electron chi connectivity index (χ1n) is 4.99. The molecule has 0 heterocycles. The Kier molecular flexibility index (Phi) is 1.37. The van der Waals surface area contributed by atoms with Crippen LogP contribution in [0.15, 0.2) is 18.2 Å². The van der Waals surface area contributed by atoms with E-state index >= 15 is 0 Å². The molecule has 1 aromatic carbocycles. The van der Waals surface area contributed by atoms with Crippen LogP contribution in [0.3, 0.4) is 0 Å². The van der Waals surface area contributed by atoms with E-state index in [0.29, 0.717) is 12.2 Å². The van der Waals surface area contributed by atoms with E-state index in [9.17, 15) is 4.79 Å². The van der Waals surface area contributed by atoms with Crippen molar-refractivity contribution in [3.63, 3.8) is 0 Å². The molecule has 0 fully saturated rings. The van der Waals surface area contributed by atoms with Crippen LogP contribution in [0.25, 0.3) is 0 Å². The van der Waals surface area contributed by atoms with Gasteiger partial charge in [-0.05, 0) is 36.0 Å². The van der Waals surface area contributed by atoms with Crippen molar-refractivity contribution in [3.8, 4) is 0 Å². The van der Waals surface area contributed by atoms with Gasteiger partial charge < -0.3 is 0 Å². The summed E-state index contributed by atoms with van der Waals surface area (Å²) in [5, 5.41) is 0. The smallest absolute Gasteiger partial charge is 0.144 e. The number of ketones is 1. The lowest BCUT2D eigenvalue weighted by Crippen LogP contribution is -2.12. The monoisotopic (exact) mass is 172 g/mol. The highest BCUT2D eigenvalue weighted by atomic mass is 16.1. The molecule has 1 aromatic rings. The Morgan fingerprint density at radius 3 is 3.00 bits per heavy atom. The van der Waals surface area contributed by atoms with E-state index in [1.165, 1.54) is 29.5 Å². The first-order valence-corrected chi connectivity index (χ1v) is 4.99. The summed E-state index contributed by atoms with van der Waals surface area (Å²) in [6, 6.07) is 6.39. The largest absolute Gasteiger partial charge is 0.299 e. The van der Waals surface area contributed by atoms with E-state index in [1.54, 1.807) is 0 Å². The maximum Gasteiger partial charge on any atom is 0.144 e. The Bertz CT molecular complexity index is 379. The van der Waals surface area contributed by atoms with Gasteiger partial charge in [0.1, 0.15) is 5.78 Å². The summed E-state index contributed by atoms with van der Waals surface area (Å²) in [6.07, 6.45) is 4.14. The molecule has 1 atom stereocenters. The Morgan fingerprint density at radius 1 is 1.23 bits per heavy atom. The molecule has 0 saturated carbocycles. The molecule has 13 heavy (non-hydrogen) atoms. The minimum atomic E-state index is 0.264. The second kappa shape index (κ2) is 2.44. The molecule has 3 rings (SSSR count). The molecule has 0 aliphatic heterocycles. The maximum absolute atomic E-state index is 11.6. The second-order valence-electron chi connectivity index (χ2n) is 4.08. The summed E-state index contributed by atoms with van der Waals surface area (Å²) in [5.74, 6) is 0.710. The van der Waals surface area contributed by atoms with Crippen molar-refractivity contribution in [2.75, 3.05) is 0 Å². The molecule has 0 N–H and O–H groups in total. The van der Waals surface area contributed by atoms with Gasteiger partial charge in [-0.15, -0.1) is 0 Å². The third-order valence-electron chi connectivity index (χ3n) is 3.33. The van der Waals surface area contributed by atoms with Crippen LogP contribution in [0, 0.1) is 0 Å². The van der Waals surface area contributed by atoms with Gasteiger partial charge in [0.15, 0.2) is 0 Å². The normalized spacial score (nSPS) is 24.6. The summed E-state index contributed by atoms with van der Waals surface area (Å²) < 4.78 is 0. The van der Waals surface area contributed by atoms with E-state index in [1.807, 2.05) is 0 Å². The second-order valence-corrected chi connectivity index (χ2v) is 4.08. The molecule has 0 saturated heterocycles. The summed E-state index contributed by atoms with van der Waals surface area (Å²) in [7, 11) is 0. The van der Waals surface area contributed by atoms with Crippen LogP contribution in [-0.2, 0) is 17.6 Å². The molecule has 0 bridgehead atoms. The van der Waals surface area contributed by atoms with Gasteiger partial charge >= 0.3 is 0 Å². The first kappa shape index (κ1) is 7.31. The van der Waals surface area contributed by atoms with Gasteiger partial charge in [-0.2, -0.15) is 0 Å². The van der Waals surface area contributed by atoms with Gasteiger partial charge in [-0.3, -0.25) is 4.79 Å². The van der Waals surface area contributed by atoms with Crippen molar-refractivity contribution >= 4 is 5.78 Å². The molecule has 66 valence electrons. The lowest BCUT2D eigenvalue weighted by atomic mass is 9.84. The van der Waals surface area contributed by atoms with Crippen LogP contribution in [-0.4, -0.2) is 5.78 Å². The molecular weight excluding hydrogens is 160 g/mol. The van der Waals surface area contributed by atoms with Crippen molar-refractivity contribution in [3.05, 3.63) is 34.9 Å². The SMILES string of the molecule is O=C1Cc2cccc3c2C1CCC3. The van der Waals surface area contributed by atoms with Crippen LogP contribution < -0.4 is 0 Å². The molecule has 0 spiro atoms. The molecule has 1 nitrogen and oxygen atoms in total. The van der Waals surface area contributed by atoms with Crippen molar-refractivity contribution in [2.24, 2.45) is 0 Å². The number of hydrogen-bond acceptors (Lipinski definition) is 1. The number of hydrogen-bond donors (Lipinski definition) is 0. The van der Waals surface area contributed by atoms with Crippen LogP contribution >= 0.6 is 0 Å². The number of Topliss-reactive ketones (excluding diaryl/α,β-unsaturated/α-hetero) is 1. The van der Waals surface area contributed by atoms with Crippen LogP contribution in [0.1, 0.15) is 35.4 Å². The fourth-order valence-electron chi connectivity index (χ4n) is 2.76.